The molecule has 1 heterocycles. The first-order valence-corrected chi connectivity index (χ1v) is 10.6. The van der Waals surface area contributed by atoms with E-state index in [-0.39, 0.29) is 163 Å². The van der Waals surface area contributed by atoms with Gasteiger partial charge in [0.15, 0.2) is 0 Å². The summed E-state index contributed by atoms with van der Waals surface area (Å²) in [5.74, 6) is -2.19. The number of rotatable bonds is 4. The first-order valence-electron chi connectivity index (χ1n) is 10.2. The molecule has 0 saturated heterocycles. The van der Waals surface area contributed by atoms with Gasteiger partial charge in [0.05, 0.1) is 16.6 Å². The average Bonchev–Trinajstić information content (AvgIpc) is 2.71. The number of unbranched alkanes of at least 4 members (excludes halogenated alkanes) is 1. The Morgan fingerprint density at radius 2 is 1.25 bits per heavy atom. The minimum atomic E-state index is -5.19. The molecule has 0 radical (unpaired) electrons. The number of carbonyl (C=O) groups is 1. The van der Waals surface area contributed by atoms with Crippen molar-refractivity contribution in [1.29, 1.82) is 0 Å². The quantitative estimate of drug-likeness (QED) is 0.237. The Hall–Kier alpha value is -2.58. The SMILES string of the molecule is C.C.C.C.C.C.C.C.C.C.C.C.C.C.C.C.C.C.C.C.C.C=C1c2[nH+]c3cc(Cl)ccc3c(N)c2C2CC(CCCCO)=CC1C2.O=C([O-])C(F)(F)F. The molecule has 340 valence electrons. The lowest BCUT2D eigenvalue weighted by atomic mass is 9.68. The summed E-state index contributed by atoms with van der Waals surface area (Å²) in [7, 11) is 0. The van der Waals surface area contributed by atoms with Crippen LogP contribution in [0.15, 0.2) is 36.4 Å². The molecule has 4 rings (SSSR count). The third-order valence-electron chi connectivity index (χ3n) is 5.89. The summed E-state index contributed by atoms with van der Waals surface area (Å²) >= 11 is 6.16. The number of carboxylic acids is 1. The Kier molecular flexibility index (Phi) is 121. The monoisotopic (exact) mass is 805 g/mol. The Morgan fingerprint density at radius 1 is 0.830 bits per heavy atom. The zero-order chi connectivity index (χ0) is 23.6. The maximum Gasteiger partial charge on any atom is 0.430 e. The number of halogens is 4. The standard InChI is InChI=1S/C21H23ClN2O.C2HF3O2.21CH4/c1-12-14-8-13(4-2-3-7-25)9-15(10-14)19-20(23)17-6-5-16(22)11-18(17)24-21(12)19;3-2(4,5)1(6)7;;;;;;;;;;;;;;;;;;;;;/h5-6,8,11,14-15,25H,1-4,7,9-10H2,(H2,23,24);(H,6,7);21*1H4. The van der Waals surface area contributed by atoms with Crippen LogP contribution in [0, 0.1) is 5.92 Å². The highest BCUT2D eigenvalue weighted by Gasteiger charge is 2.39. The van der Waals surface area contributed by atoms with Crippen LogP contribution < -0.4 is 15.8 Å². The number of anilines is 1. The number of carboxylic acid groups (broad SMARTS) is 1. The predicted octanol–water partition coefficient (Wildman–Crippen LogP) is 17.2. The van der Waals surface area contributed by atoms with Crippen molar-refractivity contribution in [3.8, 4) is 0 Å². The number of pyridine rings is 1. The Balaban J connectivity index is -0.0000000226. The van der Waals surface area contributed by atoms with E-state index in [2.05, 4.69) is 17.6 Å². The van der Waals surface area contributed by atoms with E-state index in [0.29, 0.717) is 16.9 Å². The number of aromatic nitrogens is 1. The smallest absolute Gasteiger partial charge is 0.430 e. The van der Waals surface area contributed by atoms with Gasteiger partial charge in [0.2, 0.25) is 11.2 Å². The minimum Gasteiger partial charge on any atom is -0.542 e. The van der Waals surface area contributed by atoms with Crippen LogP contribution in [-0.4, -0.2) is 23.9 Å². The van der Waals surface area contributed by atoms with Gasteiger partial charge in [-0.25, -0.2) is 4.98 Å². The summed E-state index contributed by atoms with van der Waals surface area (Å²) in [6.45, 7) is 4.64. The number of aliphatic carboxylic acids is 1. The van der Waals surface area contributed by atoms with Crippen molar-refractivity contribution in [1.82, 2.24) is 0 Å². The summed E-state index contributed by atoms with van der Waals surface area (Å²) in [6.07, 6.45) is 2.31. The minimum absolute atomic E-state index is 0. The molecule has 5 nitrogen and oxygen atoms in total. The van der Waals surface area contributed by atoms with E-state index in [9.17, 15) is 13.2 Å². The number of nitrogens with one attached hydrogen (secondary N) is 1. The number of aliphatic hydroxyl groups is 1. The zero-order valence-corrected chi connectivity index (χ0v) is 18.0. The summed E-state index contributed by atoms with van der Waals surface area (Å²) in [6, 6.07) is 5.82. The van der Waals surface area contributed by atoms with Crippen molar-refractivity contribution >= 4 is 39.7 Å². The highest BCUT2D eigenvalue weighted by molar-refractivity contribution is 6.31. The maximum absolute atomic E-state index is 10.5. The van der Waals surface area contributed by atoms with Crippen molar-refractivity contribution in [3.63, 3.8) is 0 Å². The Morgan fingerprint density at radius 3 is 1.62 bits per heavy atom. The van der Waals surface area contributed by atoms with Crippen LogP contribution in [0.3, 0.4) is 0 Å². The molecule has 2 aromatic rings. The van der Waals surface area contributed by atoms with E-state index >= 15 is 0 Å². The van der Waals surface area contributed by atoms with Gasteiger partial charge in [-0.2, -0.15) is 13.2 Å². The number of hydrogen-bond donors (Lipinski definition) is 2. The number of nitrogen functional groups attached to an aromatic ring is 1. The number of H-pyrrole nitrogens is 1. The average molecular weight is 806 g/mol. The second kappa shape index (κ2) is 51.5. The number of alkyl halides is 3. The van der Waals surface area contributed by atoms with Crippen molar-refractivity contribution in [2.24, 2.45) is 5.92 Å². The third-order valence-corrected chi connectivity index (χ3v) is 6.12. The van der Waals surface area contributed by atoms with Crippen LogP contribution >= 0.6 is 11.6 Å². The van der Waals surface area contributed by atoms with Gasteiger partial charge in [-0.3, -0.25) is 0 Å². The van der Waals surface area contributed by atoms with Crippen molar-refractivity contribution < 1.29 is 33.2 Å². The fourth-order valence-corrected chi connectivity index (χ4v) is 4.61. The number of carbonyl (C=O) groups excluding carboxylic acids is 1. The van der Waals surface area contributed by atoms with Gasteiger partial charge in [0, 0.05) is 29.2 Å². The molecule has 0 fully saturated rings. The number of nitrogens with two attached hydrogens (primary N) is 1. The fraction of sp³-hybridized carbons (Fsp3) is 0.682. The highest BCUT2D eigenvalue weighted by atomic mass is 35.5. The van der Waals surface area contributed by atoms with Gasteiger partial charge >= 0.3 is 6.18 Å². The van der Waals surface area contributed by atoms with Crippen LogP contribution in [0.4, 0.5) is 18.9 Å². The van der Waals surface area contributed by atoms with Crippen LogP contribution in [0.2, 0.25) is 5.02 Å². The normalized spacial score (nSPS) is 11.9. The second-order valence-electron chi connectivity index (χ2n) is 8.08. The van der Waals surface area contributed by atoms with Crippen LogP contribution in [0.5, 0.6) is 0 Å². The van der Waals surface area contributed by atoms with Gasteiger partial charge in [-0.1, -0.05) is 186 Å². The Bertz CT molecular complexity index is 1090. The predicted molar refractivity (Wildman–Crippen MR) is 256 cm³/mol. The Labute approximate surface area is 343 Å². The van der Waals surface area contributed by atoms with Crippen LogP contribution in [0.25, 0.3) is 16.5 Å². The molecule has 0 aliphatic heterocycles. The van der Waals surface area contributed by atoms with Crippen LogP contribution in [0.1, 0.15) is 205 Å². The topological polar surface area (TPSA) is 101 Å². The molecule has 0 spiro atoms. The van der Waals surface area contributed by atoms with Gasteiger partial charge in [-0.15, -0.1) is 0 Å². The van der Waals surface area contributed by atoms with Crippen LogP contribution in [-0.2, 0) is 4.79 Å². The number of allylic oxidation sites excluding steroid dienone is 3. The first-order chi connectivity index (χ1) is 15.0. The molecule has 1 aromatic carbocycles. The van der Waals surface area contributed by atoms with Gasteiger partial charge in [-0.05, 0) is 50.2 Å². The lowest BCUT2D eigenvalue weighted by Crippen LogP contribution is -2.37. The van der Waals surface area contributed by atoms with Gasteiger partial charge in [0.1, 0.15) is 5.97 Å². The third kappa shape index (κ3) is 29.5. The molecule has 4 N–H and O–H groups in total. The first kappa shape index (κ1) is 125. The molecular formula is C44H108ClF3N2O3. The number of benzene rings is 1. The van der Waals surface area contributed by atoms with E-state index in [0.717, 1.165) is 60.0 Å². The molecule has 1 aromatic heterocycles. The molecule has 2 unspecified atom stereocenters. The molecular weight excluding hydrogens is 697 g/mol. The molecule has 2 bridgehead atoms. The van der Waals surface area contributed by atoms with E-state index in [4.69, 9.17) is 32.3 Å². The lowest BCUT2D eigenvalue weighted by molar-refractivity contribution is -0.350. The molecule has 2 aliphatic rings. The molecule has 2 atom stereocenters. The molecule has 0 amide bonds. The number of aliphatic hydroxyl groups excluding tert-OH is 1. The highest BCUT2D eigenvalue weighted by Crippen LogP contribution is 2.50. The molecule has 53 heavy (non-hydrogen) atoms. The largest absolute Gasteiger partial charge is 0.542 e. The van der Waals surface area contributed by atoms with Crippen molar-refractivity contribution in [2.45, 2.75) is 200 Å². The fourth-order valence-electron chi connectivity index (χ4n) is 4.44. The van der Waals surface area contributed by atoms with Gasteiger partial charge in [0.25, 0.3) is 0 Å². The van der Waals surface area contributed by atoms with E-state index in [1.54, 1.807) is 0 Å². The lowest BCUT2D eigenvalue weighted by Gasteiger charge is -2.35. The van der Waals surface area contributed by atoms with E-state index < -0.39 is 12.1 Å². The van der Waals surface area contributed by atoms with Crippen molar-refractivity contribution in [3.05, 3.63) is 52.7 Å². The van der Waals surface area contributed by atoms with Gasteiger partial charge < -0.3 is 20.7 Å². The summed E-state index contributed by atoms with van der Waals surface area (Å²) in [4.78, 5) is 12.3. The number of hydrogen-bond acceptors (Lipinski definition) is 4. The zero-order valence-electron chi connectivity index (χ0n) is 17.3. The summed E-state index contributed by atoms with van der Waals surface area (Å²) in [5, 5.41) is 19.5. The van der Waals surface area contributed by atoms with Crippen molar-refractivity contribution in [2.75, 3.05) is 12.3 Å². The molecule has 9 heteroatoms. The number of aromatic amines is 1. The summed E-state index contributed by atoms with van der Waals surface area (Å²) < 4.78 is 31.5. The number of fused-ring (bicyclic) bond motifs is 5. The summed E-state index contributed by atoms with van der Waals surface area (Å²) in [5.41, 5.74) is 13.4. The molecule has 0 saturated carbocycles. The van der Waals surface area contributed by atoms with E-state index in [1.807, 2.05) is 18.2 Å². The van der Waals surface area contributed by atoms with E-state index in [1.165, 1.54) is 11.1 Å². The maximum atomic E-state index is 10.5. The second-order valence-corrected chi connectivity index (χ2v) is 8.51. The molecule has 2 aliphatic carbocycles.